The van der Waals surface area contributed by atoms with Gasteiger partial charge in [-0.15, -0.1) is 0 Å². The van der Waals surface area contributed by atoms with Crippen LogP contribution in [0.1, 0.15) is 25.0 Å². The number of alkyl halides is 2. The summed E-state index contributed by atoms with van der Waals surface area (Å²) in [5, 5.41) is 13.8. The van der Waals surface area contributed by atoms with E-state index in [-0.39, 0.29) is 0 Å². The summed E-state index contributed by atoms with van der Waals surface area (Å²) in [7, 11) is 0. The van der Waals surface area contributed by atoms with E-state index in [0.29, 0.717) is 10.2 Å². The molecule has 0 radical (unpaired) electrons. The van der Waals surface area contributed by atoms with Crippen LogP contribution in [0.2, 0.25) is 0 Å². The summed E-state index contributed by atoms with van der Waals surface area (Å²) < 4.78 is 28.6. The van der Waals surface area contributed by atoms with Gasteiger partial charge in [-0.1, -0.05) is 60.7 Å². The molecule has 0 saturated carbocycles. The molecule has 3 aromatic heterocycles. The van der Waals surface area contributed by atoms with Gasteiger partial charge in [0.05, 0.1) is 29.6 Å². The molecule has 37 heavy (non-hydrogen) atoms. The Morgan fingerprint density at radius 3 is 2.24 bits per heavy atom. The SMILES string of the molecule is N#CC1(c2ccccc2)CCN(c2cccc3ncc(-c4ccc(-c5cnn(C(F)F)c5)cc4)n23)CC1. The summed E-state index contributed by atoms with van der Waals surface area (Å²) >= 11 is 0. The standard InChI is InChI=1S/C29H24F2N6/c30-28(31)36-19-23(17-34-36)21-9-11-22(12-10-21)25-18-33-26-7-4-8-27(37(25)26)35-15-13-29(20-32,14-16-35)24-5-2-1-3-6-24/h1-12,17-19,28H,13-16H2. The summed E-state index contributed by atoms with van der Waals surface area (Å²) in [5.74, 6) is 1.03. The normalized spacial score (nSPS) is 15.2. The Hall–Kier alpha value is -4.51. The van der Waals surface area contributed by atoms with Gasteiger partial charge in [0, 0.05) is 30.4 Å². The highest BCUT2D eigenvalue weighted by molar-refractivity contribution is 5.71. The summed E-state index contributed by atoms with van der Waals surface area (Å²) in [5.41, 5.74) is 4.82. The van der Waals surface area contributed by atoms with E-state index in [1.54, 1.807) is 0 Å². The fourth-order valence-electron chi connectivity index (χ4n) is 5.24. The Labute approximate surface area is 213 Å². The first-order chi connectivity index (χ1) is 18.1. The molecule has 4 heterocycles. The quantitative estimate of drug-likeness (QED) is 0.287. The van der Waals surface area contributed by atoms with Crippen LogP contribution in [0.4, 0.5) is 14.6 Å². The Kier molecular flexibility index (Phi) is 5.68. The van der Waals surface area contributed by atoms with Gasteiger partial charge in [-0.2, -0.15) is 19.1 Å². The number of nitrogens with zero attached hydrogens (tertiary/aromatic N) is 6. The predicted octanol–water partition coefficient (Wildman–Crippen LogP) is 6.32. The lowest BCUT2D eigenvalue weighted by Crippen LogP contribution is -2.42. The van der Waals surface area contributed by atoms with Crippen molar-refractivity contribution in [1.29, 1.82) is 5.26 Å². The van der Waals surface area contributed by atoms with Crippen LogP contribution >= 0.6 is 0 Å². The van der Waals surface area contributed by atoms with Gasteiger partial charge < -0.3 is 4.90 Å². The average Bonchev–Trinajstić information content (AvgIpc) is 3.62. The second kappa shape index (κ2) is 9.17. The molecule has 0 amide bonds. The van der Waals surface area contributed by atoms with E-state index in [1.165, 1.54) is 12.4 Å². The predicted molar refractivity (Wildman–Crippen MR) is 138 cm³/mol. The van der Waals surface area contributed by atoms with E-state index in [4.69, 9.17) is 0 Å². The second-order valence-corrected chi connectivity index (χ2v) is 9.33. The summed E-state index contributed by atoms with van der Waals surface area (Å²) in [6.07, 6.45) is 6.14. The Balaban J connectivity index is 1.30. The van der Waals surface area contributed by atoms with Gasteiger partial charge in [0.2, 0.25) is 0 Å². The molecule has 0 unspecified atom stereocenters. The number of nitriles is 1. The molecule has 0 atom stereocenters. The van der Waals surface area contributed by atoms with E-state index < -0.39 is 12.0 Å². The molecule has 1 aliphatic rings. The summed E-state index contributed by atoms with van der Waals surface area (Å²) in [6, 6.07) is 26.5. The topological polar surface area (TPSA) is 62.2 Å². The van der Waals surface area contributed by atoms with Crippen molar-refractivity contribution in [2.75, 3.05) is 18.0 Å². The van der Waals surface area contributed by atoms with Crippen LogP contribution in [-0.4, -0.2) is 32.3 Å². The van der Waals surface area contributed by atoms with E-state index in [0.717, 1.165) is 59.8 Å². The Morgan fingerprint density at radius 1 is 0.838 bits per heavy atom. The number of benzene rings is 2. The van der Waals surface area contributed by atoms with Crippen molar-refractivity contribution >= 4 is 11.5 Å². The molecule has 6 rings (SSSR count). The van der Waals surface area contributed by atoms with Crippen LogP contribution in [0, 0.1) is 11.3 Å². The van der Waals surface area contributed by atoms with Gasteiger partial charge in [0.1, 0.15) is 11.5 Å². The number of aromatic nitrogens is 4. The third-order valence-electron chi connectivity index (χ3n) is 7.31. The molecule has 0 spiro atoms. The molecule has 0 N–H and O–H groups in total. The van der Waals surface area contributed by atoms with E-state index in [1.807, 2.05) is 60.8 Å². The van der Waals surface area contributed by atoms with Crippen molar-refractivity contribution < 1.29 is 8.78 Å². The minimum atomic E-state index is -2.66. The van der Waals surface area contributed by atoms with Crippen molar-refractivity contribution in [3.8, 4) is 28.5 Å². The van der Waals surface area contributed by atoms with Crippen molar-refractivity contribution in [3.05, 3.63) is 97.0 Å². The van der Waals surface area contributed by atoms with Gasteiger partial charge in [0.15, 0.2) is 0 Å². The molecule has 1 fully saturated rings. The minimum absolute atomic E-state index is 0.475. The van der Waals surface area contributed by atoms with Gasteiger partial charge >= 0.3 is 6.55 Å². The van der Waals surface area contributed by atoms with Crippen molar-refractivity contribution in [2.24, 2.45) is 0 Å². The number of fused-ring (bicyclic) bond motifs is 1. The Bertz CT molecular complexity index is 1570. The molecule has 5 aromatic rings. The molecular formula is C29H24F2N6. The number of hydrogen-bond donors (Lipinski definition) is 0. The lowest BCUT2D eigenvalue weighted by molar-refractivity contribution is 0.0566. The van der Waals surface area contributed by atoms with Gasteiger partial charge in [-0.05, 0) is 36.1 Å². The number of piperidine rings is 1. The zero-order chi connectivity index (χ0) is 25.4. The monoisotopic (exact) mass is 494 g/mol. The third-order valence-corrected chi connectivity index (χ3v) is 7.31. The van der Waals surface area contributed by atoms with Gasteiger partial charge in [-0.25, -0.2) is 9.67 Å². The van der Waals surface area contributed by atoms with Crippen LogP contribution in [0.5, 0.6) is 0 Å². The van der Waals surface area contributed by atoms with Crippen LogP contribution in [0.3, 0.4) is 0 Å². The summed E-state index contributed by atoms with van der Waals surface area (Å²) in [4.78, 5) is 6.96. The number of rotatable bonds is 5. The lowest BCUT2D eigenvalue weighted by Gasteiger charge is -2.39. The molecular weight excluding hydrogens is 470 g/mol. The highest BCUT2D eigenvalue weighted by Crippen LogP contribution is 2.37. The van der Waals surface area contributed by atoms with Gasteiger partial charge in [0.25, 0.3) is 0 Å². The van der Waals surface area contributed by atoms with Crippen molar-refractivity contribution in [1.82, 2.24) is 19.2 Å². The number of pyridine rings is 1. The van der Waals surface area contributed by atoms with E-state index in [9.17, 15) is 14.0 Å². The smallest absolute Gasteiger partial charge is 0.333 e. The number of halogens is 2. The zero-order valence-corrected chi connectivity index (χ0v) is 20.0. The maximum atomic E-state index is 12.9. The molecule has 1 saturated heterocycles. The highest BCUT2D eigenvalue weighted by Gasteiger charge is 2.37. The fraction of sp³-hybridized carbons (Fsp3) is 0.207. The van der Waals surface area contributed by atoms with Crippen LogP contribution in [-0.2, 0) is 5.41 Å². The first-order valence-electron chi connectivity index (χ1n) is 12.2. The van der Waals surface area contributed by atoms with Crippen LogP contribution < -0.4 is 4.90 Å². The minimum Gasteiger partial charge on any atom is -0.358 e. The highest BCUT2D eigenvalue weighted by atomic mass is 19.3. The maximum Gasteiger partial charge on any atom is 0.333 e. The molecule has 2 aromatic carbocycles. The fourth-order valence-corrected chi connectivity index (χ4v) is 5.24. The number of hydrogen-bond acceptors (Lipinski definition) is 4. The largest absolute Gasteiger partial charge is 0.358 e. The van der Waals surface area contributed by atoms with Crippen molar-refractivity contribution in [2.45, 2.75) is 24.8 Å². The average molecular weight is 495 g/mol. The molecule has 1 aliphatic heterocycles. The molecule has 6 nitrogen and oxygen atoms in total. The third kappa shape index (κ3) is 4.02. The number of anilines is 1. The molecule has 0 aliphatic carbocycles. The maximum absolute atomic E-state index is 12.9. The second-order valence-electron chi connectivity index (χ2n) is 9.33. The summed E-state index contributed by atoms with van der Waals surface area (Å²) in [6.45, 7) is -1.15. The van der Waals surface area contributed by atoms with Crippen molar-refractivity contribution in [3.63, 3.8) is 0 Å². The van der Waals surface area contributed by atoms with E-state index >= 15 is 0 Å². The van der Waals surface area contributed by atoms with Gasteiger partial charge in [-0.3, -0.25) is 4.40 Å². The first-order valence-corrected chi connectivity index (χ1v) is 12.2. The molecule has 8 heteroatoms. The van der Waals surface area contributed by atoms with Crippen LogP contribution in [0.15, 0.2) is 91.4 Å². The Morgan fingerprint density at radius 2 is 1.57 bits per heavy atom. The number of imidazole rings is 1. The van der Waals surface area contributed by atoms with Crippen LogP contribution in [0.25, 0.3) is 28.0 Å². The van der Waals surface area contributed by atoms with E-state index in [2.05, 4.69) is 43.7 Å². The first kappa shape index (κ1) is 22.9. The lowest BCUT2D eigenvalue weighted by atomic mass is 9.74. The zero-order valence-electron chi connectivity index (χ0n) is 20.0. The molecule has 0 bridgehead atoms. The molecule has 184 valence electrons.